The summed E-state index contributed by atoms with van der Waals surface area (Å²) < 4.78 is 11.8. The van der Waals surface area contributed by atoms with Crippen molar-refractivity contribution in [2.24, 2.45) is 0 Å². The third kappa shape index (κ3) is 5.26. The highest BCUT2D eigenvalue weighted by atomic mass is 16.5. The maximum absolute atomic E-state index is 12.9. The topological polar surface area (TPSA) is 42.0 Å². The summed E-state index contributed by atoms with van der Waals surface area (Å²) in [6, 6.07) is 16.2. The summed E-state index contributed by atoms with van der Waals surface area (Å²) in [5, 5.41) is 0. The largest absolute Gasteiger partial charge is 0.490 e. The van der Waals surface area contributed by atoms with E-state index in [4.69, 9.17) is 9.47 Å². The van der Waals surface area contributed by atoms with Gasteiger partial charge >= 0.3 is 0 Å². The molecular weight excluding hydrogens is 376 g/mol. The fourth-order valence-electron chi connectivity index (χ4n) is 4.00. The Bertz CT molecular complexity index is 811. The second-order valence-corrected chi connectivity index (χ2v) is 7.92. The number of nitrogens with zero attached hydrogens (tertiary/aromatic N) is 2. The summed E-state index contributed by atoms with van der Waals surface area (Å²) in [7, 11) is 0. The minimum Gasteiger partial charge on any atom is -0.490 e. The van der Waals surface area contributed by atoms with E-state index in [-0.39, 0.29) is 12.0 Å². The molecule has 5 heteroatoms. The van der Waals surface area contributed by atoms with Crippen LogP contribution in [0.25, 0.3) is 0 Å². The Balaban J connectivity index is 1.57. The van der Waals surface area contributed by atoms with E-state index in [0.717, 1.165) is 42.1 Å². The Morgan fingerprint density at radius 2 is 1.67 bits per heavy atom. The fraction of sp³-hybridized carbons (Fsp3) is 0.480. The lowest BCUT2D eigenvalue weighted by Gasteiger charge is -2.32. The second-order valence-electron chi connectivity index (χ2n) is 7.92. The molecule has 2 aromatic carbocycles. The van der Waals surface area contributed by atoms with Gasteiger partial charge in [-0.1, -0.05) is 12.1 Å². The number of likely N-dealkylation sites (tertiary alicyclic amines) is 1. The van der Waals surface area contributed by atoms with E-state index in [0.29, 0.717) is 25.7 Å². The molecule has 0 bridgehead atoms. The van der Waals surface area contributed by atoms with Crippen molar-refractivity contribution in [3.63, 3.8) is 0 Å². The van der Waals surface area contributed by atoms with Crippen LogP contribution < -0.4 is 14.4 Å². The molecule has 2 aromatic rings. The number of carbonyl (C=O) groups is 1. The first-order valence-electron chi connectivity index (χ1n) is 11.1. The molecule has 0 spiro atoms. The Labute approximate surface area is 180 Å². The van der Waals surface area contributed by atoms with E-state index in [1.54, 1.807) is 0 Å². The van der Waals surface area contributed by atoms with Gasteiger partial charge in [0.1, 0.15) is 6.10 Å². The minimum absolute atomic E-state index is 0.0992. The maximum Gasteiger partial charge on any atom is 0.253 e. The van der Waals surface area contributed by atoms with Gasteiger partial charge in [-0.25, -0.2) is 0 Å². The smallest absolute Gasteiger partial charge is 0.253 e. The van der Waals surface area contributed by atoms with Crippen LogP contribution in [0.1, 0.15) is 50.9 Å². The van der Waals surface area contributed by atoms with Gasteiger partial charge in [-0.15, -0.1) is 0 Å². The fourth-order valence-corrected chi connectivity index (χ4v) is 4.00. The van der Waals surface area contributed by atoms with Gasteiger partial charge < -0.3 is 19.3 Å². The molecule has 0 aliphatic carbocycles. The maximum atomic E-state index is 12.9. The van der Waals surface area contributed by atoms with E-state index >= 15 is 0 Å². The van der Waals surface area contributed by atoms with Crippen LogP contribution in [0, 0.1) is 0 Å². The molecule has 1 aliphatic rings. The number of anilines is 1. The lowest BCUT2D eigenvalue weighted by molar-refractivity contribution is 0.0589. The molecule has 0 unspecified atom stereocenters. The highest BCUT2D eigenvalue weighted by molar-refractivity contribution is 5.94. The summed E-state index contributed by atoms with van der Waals surface area (Å²) in [6.07, 6.45) is 1.74. The molecule has 0 aromatic heterocycles. The van der Waals surface area contributed by atoms with Crippen molar-refractivity contribution in [3.05, 3.63) is 54.1 Å². The Kier molecular flexibility index (Phi) is 7.61. The van der Waals surface area contributed by atoms with Crippen molar-refractivity contribution in [1.29, 1.82) is 0 Å². The van der Waals surface area contributed by atoms with Crippen LogP contribution in [0.3, 0.4) is 0 Å². The lowest BCUT2D eigenvalue weighted by Crippen LogP contribution is -2.41. The summed E-state index contributed by atoms with van der Waals surface area (Å²) in [6.45, 7) is 11.5. The number of hydrogen-bond acceptors (Lipinski definition) is 4. The van der Waals surface area contributed by atoms with Crippen molar-refractivity contribution in [2.75, 3.05) is 31.1 Å². The molecular formula is C25H34N2O3. The van der Waals surface area contributed by atoms with Gasteiger partial charge in [0, 0.05) is 49.8 Å². The molecule has 1 fully saturated rings. The Morgan fingerprint density at radius 1 is 1.03 bits per heavy atom. The van der Waals surface area contributed by atoms with Crippen LogP contribution in [0.5, 0.6) is 11.5 Å². The van der Waals surface area contributed by atoms with Crippen molar-refractivity contribution in [2.45, 2.75) is 52.7 Å². The molecule has 0 saturated carbocycles. The first kappa shape index (κ1) is 22.0. The van der Waals surface area contributed by atoms with Crippen LogP contribution >= 0.6 is 0 Å². The molecule has 0 N–H and O–H groups in total. The molecule has 3 rings (SSSR count). The zero-order valence-corrected chi connectivity index (χ0v) is 18.6. The average molecular weight is 411 g/mol. The highest BCUT2D eigenvalue weighted by Gasteiger charge is 2.25. The predicted molar refractivity (Wildman–Crippen MR) is 122 cm³/mol. The quantitative estimate of drug-likeness (QED) is 0.614. The van der Waals surface area contributed by atoms with E-state index in [1.165, 1.54) is 0 Å². The minimum atomic E-state index is 0.0992. The predicted octanol–water partition coefficient (Wildman–Crippen LogP) is 5.00. The monoisotopic (exact) mass is 410 g/mol. The normalized spacial score (nSPS) is 14.6. The van der Waals surface area contributed by atoms with Gasteiger partial charge in [-0.05, 0) is 64.1 Å². The van der Waals surface area contributed by atoms with Gasteiger partial charge in [0.2, 0.25) is 0 Å². The standard InChI is InChI=1S/C25H34N2O3/c1-5-27(19(3)4)21-13-11-20(12-14-21)25(28)26-17-15-22(16-18-26)30-24-10-8-7-9-23(24)29-6-2/h7-14,19,22H,5-6,15-18H2,1-4H3. The van der Waals surface area contributed by atoms with Gasteiger partial charge in [-0.3, -0.25) is 4.79 Å². The molecule has 1 aliphatic heterocycles. The zero-order chi connectivity index (χ0) is 21.5. The third-order valence-electron chi connectivity index (χ3n) is 5.58. The molecule has 0 radical (unpaired) electrons. The SMILES string of the molecule is CCOc1ccccc1OC1CCN(C(=O)c2ccc(N(CC)C(C)C)cc2)CC1. The average Bonchev–Trinajstić information content (AvgIpc) is 2.76. The Morgan fingerprint density at radius 3 is 2.23 bits per heavy atom. The molecule has 1 amide bonds. The van der Waals surface area contributed by atoms with Crippen LogP contribution in [0.2, 0.25) is 0 Å². The third-order valence-corrected chi connectivity index (χ3v) is 5.58. The van der Waals surface area contributed by atoms with Crippen molar-refractivity contribution in [3.8, 4) is 11.5 Å². The summed E-state index contributed by atoms with van der Waals surface area (Å²) in [5.41, 5.74) is 1.91. The van der Waals surface area contributed by atoms with E-state index in [2.05, 4.69) is 37.8 Å². The number of benzene rings is 2. The van der Waals surface area contributed by atoms with Crippen LogP contribution in [0.4, 0.5) is 5.69 Å². The summed E-state index contributed by atoms with van der Waals surface area (Å²) in [5.74, 6) is 1.66. The second kappa shape index (κ2) is 10.4. The lowest BCUT2D eigenvalue weighted by atomic mass is 10.1. The Hall–Kier alpha value is -2.69. The van der Waals surface area contributed by atoms with Gasteiger partial charge in [-0.2, -0.15) is 0 Å². The summed E-state index contributed by atoms with van der Waals surface area (Å²) in [4.78, 5) is 17.2. The number of rotatable bonds is 8. The molecule has 30 heavy (non-hydrogen) atoms. The molecule has 1 saturated heterocycles. The van der Waals surface area contributed by atoms with Crippen LogP contribution in [-0.4, -0.2) is 49.2 Å². The van der Waals surface area contributed by atoms with Gasteiger partial charge in [0.15, 0.2) is 11.5 Å². The number of para-hydroxylation sites is 2. The number of ether oxygens (including phenoxy) is 2. The molecule has 1 heterocycles. The van der Waals surface area contributed by atoms with E-state index in [1.807, 2.05) is 48.2 Å². The van der Waals surface area contributed by atoms with E-state index in [9.17, 15) is 4.79 Å². The number of piperidine rings is 1. The number of amides is 1. The first-order valence-corrected chi connectivity index (χ1v) is 11.1. The molecule has 0 atom stereocenters. The molecule has 162 valence electrons. The highest BCUT2D eigenvalue weighted by Crippen LogP contribution is 2.29. The number of carbonyl (C=O) groups excluding carboxylic acids is 1. The van der Waals surface area contributed by atoms with Crippen molar-refractivity contribution >= 4 is 11.6 Å². The number of hydrogen-bond donors (Lipinski definition) is 0. The van der Waals surface area contributed by atoms with Crippen molar-refractivity contribution < 1.29 is 14.3 Å². The molecule has 5 nitrogen and oxygen atoms in total. The van der Waals surface area contributed by atoms with Gasteiger partial charge in [0.05, 0.1) is 6.61 Å². The van der Waals surface area contributed by atoms with Crippen LogP contribution in [0.15, 0.2) is 48.5 Å². The van der Waals surface area contributed by atoms with Crippen LogP contribution in [-0.2, 0) is 0 Å². The zero-order valence-electron chi connectivity index (χ0n) is 18.6. The van der Waals surface area contributed by atoms with Crippen molar-refractivity contribution in [1.82, 2.24) is 4.90 Å². The van der Waals surface area contributed by atoms with Gasteiger partial charge in [0.25, 0.3) is 5.91 Å². The first-order chi connectivity index (χ1) is 14.5. The summed E-state index contributed by atoms with van der Waals surface area (Å²) >= 11 is 0. The van der Waals surface area contributed by atoms with E-state index < -0.39 is 0 Å².